The summed E-state index contributed by atoms with van der Waals surface area (Å²) in [6, 6.07) is 23.0. The van der Waals surface area contributed by atoms with E-state index in [0.29, 0.717) is 22.2 Å². The largest absolute Gasteiger partial charge is 0.465 e. The second kappa shape index (κ2) is 9.12. The fraction of sp³-hybridized carbons (Fsp3) is 0.355. The van der Waals surface area contributed by atoms with Gasteiger partial charge in [0.2, 0.25) is 0 Å². The summed E-state index contributed by atoms with van der Waals surface area (Å²) in [6.45, 7) is 0. The molecule has 0 saturated heterocycles. The first kappa shape index (κ1) is 22.8. The van der Waals surface area contributed by atoms with Gasteiger partial charge in [-0.3, -0.25) is 4.79 Å². The van der Waals surface area contributed by atoms with Crippen LogP contribution in [0.3, 0.4) is 0 Å². The van der Waals surface area contributed by atoms with Crippen LogP contribution < -0.4 is 10.6 Å². The molecule has 4 saturated carbocycles. The zero-order valence-electron chi connectivity index (χ0n) is 20.6. The van der Waals surface area contributed by atoms with E-state index in [-0.39, 0.29) is 5.91 Å². The molecule has 4 bridgehead atoms. The summed E-state index contributed by atoms with van der Waals surface area (Å²) in [6.07, 6.45) is 8.36. The van der Waals surface area contributed by atoms with Crippen LogP contribution in [0.25, 0.3) is 0 Å². The van der Waals surface area contributed by atoms with E-state index in [9.17, 15) is 9.59 Å². The van der Waals surface area contributed by atoms with Gasteiger partial charge in [-0.05, 0) is 116 Å². The Bertz CT molecular complexity index is 1240. The van der Waals surface area contributed by atoms with Gasteiger partial charge >= 0.3 is 5.97 Å². The van der Waals surface area contributed by atoms with Gasteiger partial charge in [0.05, 0.1) is 18.4 Å². The molecule has 5 nitrogen and oxygen atoms in total. The molecule has 1 amide bonds. The first-order valence-corrected chi connectivity index (χ1v) is 13.0. The monoisotopic (exact) mass is 480 g/mol. The molecule has 184 valence electrons. The highest BCUT2D eigenvalue weighted by atomic mass is 16.5. The van der Waals surface area contributed by atoms with Crippen molar-refractivity contribution in [3.63, 3.8) is 0 Å². The third-order valence-corrected chi connectivity index (χ3v) is 8.55. The lowest BCUT2D eigenvalue weighted by Gasteiger charge is -2.57. The van der Waals surface area contributed by atoms with Crippen LogP contribution in [0, 0.1) is 17.8 Å². The molecule has 7 rings (SSSR count). The van der Waals surface area contributed by atoms with Crippen LogP contribution in [0.1, 0.15) is 64.8 Å². The summed E-state index contributed by atoms with van der Waals surface area (Å²) in [5, 5.41) is 6.27. The number of nitrogens with one attached hydrogen (secondary N) is 2. The predicted molar refractivity (Wildman–Crippen MR) is 142 cm³/mol. The molecule has 3 aromatic carbocycles. The van der Waals surface area contributed by atoms with Gasteiger partial charge in [-0.2, -0.15) is 0 Å². The molecule has 5 heteroatoms. The maximum Gasteiger partial charge on any atom is 0.339 e. The van der Waals surface area contributed by atoms with Crippen LogP contribution >= 0.6 is 0 Å². The zero-order valence-corrected chi connectivity index (χ0v) is 20.6. The molecule has 36 heavy (non-hydrogen) atoms. The Morgan fingerprint density at radius 2 is 1.36 bits per heavy atom. The first-order valence-electron chi connectivity index (χ1n) is 13.0. The van der Waals surface area contributed by atoms with E-state index in [1.807, 2.05) is 24.3 Å². The molecule has 0 aliphatic heterocycles. The molecule has 4 aliphatic carbocycles. The van der Waals surface area contributed by atoms with Crippen molar-refractivity contribution < 1.29 is 14.3 Å². The van der Waals surface area contributed by atoms with Crippen molar-refractivity contribution >= 4 is 28.9 Å². The molecular weight excluding hydrogens is 448 g/mol. The lowest BCUT2D eigenvalue weighted by molar-refractivity contribution is -0.00518. The van der Waals surface area contributed by atoms with Crippen LogP contribution in [-0.2, 0) is 10.2 Å². The number of methoxy groups -OCH3 is 1. The number of benzene rings is 3. The van der Waals surface area contributed by atoms with E-state index in [0.717, 1.165) is 29.1 Å². The number of rotatable bonds is 6. The lowest BCUT2D eigenvalue weighted by atomic mass is 9.48. The van der Waals surface area contributed by atoms with Crippen molar-refractivity contribution in [2.45, 2.75) is 43.9 Å². The summed E-state index contributed by atoms with van der Waals surface area (Å²) in [7, 11) is 1.36. The topological polar surface area (TPSA) is 67.4 Å². The maximum atomic E-state index is 12.9. The molecule has 3 aromatic rings. The summed E-state index contributed by atoms with van der Waals surface area (Å²) < 4.78 is 4.86. The van der Waals surface area contributed by atoms with Gasteiger partial charge in [0, 0.05) is 16.9 Å². The number of para-hydroxylation sites is 1. The fourth-order valence-electron chi connectivity index (χ4n) is 7.32. The Balaban J connectivity index is 1.11. The average molecular weight is 481 g/mol. The van der Waals surface area contributed by atoms with Crippen molar-refractivity contribution in [3.05, 3.63) is 89.5 Å². The van der Waals surface area contributed by atoms with Crippen molar-refractivity contribution in [1.29, 1.82) is 0 Å². The van der Waals surface area contributed by atoms with E-state index in [2.05, 4.69) is 34.9 Å². The smallest absolute Gasteiger partial charge is 0.339 e. The van der Waals surface area contributed by atoms with E-state index < -0.39 is 5.97 Å². The molecular formula is C31H32N2O3. The zero-order chi connectivity index (χ0) is 24.7. The van der Waals surface area contributed by atoms with Gasteiger partial charge < -0.3 is 15.4 Å². The van der Waals surface area contributed by atoms with Crippen LogP contribution in [0.15, 0.2) is 72.8 Å². The third-order valence-electron chi connectivity index (χ3n) is 8.55. The van der Waals surface area contributed by atoms with Crippen LogP contribution in [0.4, 0.5) is 17.1 Å². The SMILES string of the molecule is COC(=O)c1ccccc1Nc1ccc(C(=O)Nc2ccc(C34CC5CC(CC(C5)C3)C4)cc2)cc1. The minimum atomic E-state index is -0.400. The summed E-state index contributed by atoms with van der Waals surface area (Å²) in [4.78, 5) is 24.9. The Labute approximate surface area is 212 Å². The highest BCUT2D eigenvalue weighted by Crippen LogP contribution is 2.60. The van der Waals surface area contributed by atoms with E-state index in [1.165, 1.54) is 51.2 Å². The maximum absolute atomic E-state index is 12.9. The standard InChI is InChI=1S/C31H32N2O3/c1-36-30(35)27-4-2-3-5-28(27)32-25-10-6-23(7-11-25)29(34)33-26-12-8-24(9-13-26)31-17-20-14-21(18-31)16-22(15-20)19-31/h2-13,20-22,32H,14-19H2,1H3,(H,33,34). The number of hydrogen-bond acceptors (Lipinski definition) is 4. The number of carbonyl (C=O) groups excluding carboxylic acids is 2. The highest BCUT2D eigenvalue weighted by Gasteiger charge is 2.51. The summed E-state index contributed by atoms with van der Waals surface area (Å²) in [5.74, 6) is 2.22. The van der Waals surface area contributed by atoms with Crippen LogP contribution in [-0.4, -0.2) is 19.0 Å². The second-order valence-corrected chi connectivity index (χ2v) is 11.0. The Hall–Kier alpha value is -3.60. The molecule has 0 atom stereocenters. The van der Waals surface area contributed by atoms with Gasteiger partial charge in [0.15, 0.2) is 0 Å². The quantitative estimate of drug-likeness (QED) is 0.375. The van der Waals surface area contributed by atoms with Crippen LogP contribution in [0.5, 0.6) is 0 Å². The minimum Gasteiger partial charge on any atom is -0.465 e. The average Bonchev–Trinajstić information content (AvgIpc) is 2.88. The molecule has 0 radical (unpaired) electrons. The Morgan fingerprint density at radius 1 is 0.778 bits per heavy atom. The van der Waals surface area contributed by atoms with Crippen molar-refractivity contribution in [3.8, 4) is 0 Å². The molecule has 0 heterocycles. The molecule has 0 aromatic heterocycles. The summed E-state index contributed by atoms with van der Waals surface area (Å²) in [5.41, 5.74) is 5.12. The van der Waals surface area contributed by atoms with Gasteiger partial charge in [-0.1, -0.05) is 24.3 Å². The number of hydrogen-bond donors (Lipinski definition) is 2. The van der Waals surface area contributed by atoms with E-state index in [1.54, 1.807) is 24.3 Å². The second-order valence-electron chi connectivity index (χ2n) is 11.0. The van der Waals surface area contributed by atoms with Gasteiger partial charge in [0.25, 0.3) is 5.91 Å². The fourth-order valence-corrected chi connectivity index (χ4v) is 7.32. The predicted octanol–water partition coefficient (Wildman–Crippen LogP) is 6.94. The minimum absolute atomic E-state index is 0.140. The molecule has 4 aliphatic rings. The lowest BCUT2D eigenvalue weighted by Crippen LogP contribution is -2.48. The first-order chi connectivity index (χ1) is 17.5. The number of esters is 1. The normalized spacial score (nSPS) is 25.9. The van der Waals surface area contributed by atoms with Crippen molar-refractivity contribution in [2.75, 3.05) is 17.7 Å². The summed E-state index contributed by atoms with van der Waals surface area (Å²) >= 11 is 0. The number of anilines is 3. The molecule has 4 fully saturated rings. The number of carbonyl (C=O) groups is 2. The number of ether oxygens (including phenoxy) is 1. The molecule has 2 N–H and O–H groups in total. The molecule has 0 unspecified atom stereocenters. The van der Waals surface area contributed by atoms with Crippen molar-refractivity contribution in [1.82, 2.24) is 0 Å². The highest BCUT2D eigenvalue weighted by molar-refractivity contribution is 6.04. The number of amides is 1. The van der Waals surface area contributed by atoms with Crippen LogP contribution in [0.2, 0.25) is 0 Å². The van der Waals surface area contributed by atoms with E-state index >= 15 is 0 Å². The van der Waals surface area contributed by atoms with Gasteiger partial charge in [-0.15, -0.1) is 0 Å². The van der Waals surface area contributed by atoms with E-state index in [4.69, 9.17) is 4.74 Å². The molecule has 0 spiro atoms. The Kier molecular flexibility index (Phi) is 5.79. The van der Waals surface area contributed by atoms with Gasteiger partial charge in [-0.25, -0.2) is 4.79 Å². The Morgan fingerprint density at radius 3 is 1.97 bits per heavy atom. The van der Waals surface area contributed by atoms with Gasteiger partial charge in [0.1, 0.15) is 0 Å². The third kappa shape index (κ3) is 4.27. The van der Waals surface area contributed by atoms with Crippen molar-refractivity contribution in [2.24, 2.45) is 17.8 Å².